The van der Waals surface area contributed by atoms with Crippen LogP contribution in [-0.4, -0.2) is 43.4 Å². The predicted molar refractivity (Wildman–Crippen MR) is 69.6 cm³/mol. The molecule has 1 aromatic rings. The Hall–Kier alpha value is -0.940. The van der Waals surface area contributed by atoms with Crippen LogP contribution in [0, 0.1) is 0 Å². The summed E-state index contributed by atoms with van der Waals surface area (Å²) in [7, 11) is -2.91. The molecule has 1 rings (SSSR count). The Morgan fingerprint density at radius 1 is 1.41 bits per heavy atom. The molecular formula is C12H20N2O2S. The van der Waals surface area contributed by atoms with E-state index >= 15 is 0 Å². The zero-order valence-corrected chi connectivity index (χ0v) is 11.4. The van der Waals surface area contributed by atoms with Crippen molar-refractivity contribution in [2.75, 3.05) is 25.1 Å². The number of pyridine rings is 1. The Balaban J connectivity index is 2.68. The van der Waals surface area contributed by atoms with Gasteiger partial charge in [-0.2, -0.15) is 0 Å². The summed E-state index contributed by atoms with van der Waals surface area (Å²) in [6.07, 6.45) is 3.03. The Bertz CT molecular complexity index is 431. The standard InChI is InChI=1S/C12H20N2O2S/c1-4-14(9-10-17(3,15)16)11(2)12-7-5-6-8-13-12/h5-8,11H,4,9-10H2,1-3H3/t11-/m0/s1. The van der Waals surface area contributed by atoms with Gasteiger partial charge in [0.25, 0.3) is 0 Å². The highest BCUT2D eigenvalue weighted by Crippen LogP contribution is 2.16. The molecule has 0 aliphatic heterocycles. The number of sulfone groups is 1. The molecule has 0 unspecified atom stereocenters. The maximum Gasteiger partial charge on any atom is 0.148 e. The molecule has 17 heavy (non-hydrogen) atoms. The summed E-state index contributed by atoms with van der Waals surface area (Å²) in [5.41, 5.74) is 0.975. The lowest BCUT2D eigenvalue weighted by atomic mass is 10.2. The largest absolute Gasteiger partial charge is 0.294 e. The molecule has 1 atom stereocenters. The second-order valence-electron chi connectivity index (χ2n) is 4.19. The van der Waals surface area contributed by atoms with E-state index in [-0.39, 0.29) is 11.8 Å². The van der Waals surface area contributed by atoms with Gasteiger partial charge in [-0.15, -0.1) is 0 Å². The molecular weight excluding hydrogens is 236 g/mol. The van der Waals surface area contributed by atoms with Crippen molar-refractivity contribution in [3.8, 4) is 0 Å². The van der Waals surface area contributed by atoms with Crippen molar-refractivity contribution in [2.24, 2.45) is 0 Å². The lowest BCUT2D eigenvalue weighted by Gasteiger charge is -2.26. The van der Waals surface area contributed by atoms with Crippen LogP contribution >= 0.6 is 0 Å². The molecule has 0 saturated carbocycles. The van der Waals surface area contributed by atoms with Crippen molar-refractivity contribution < 1.29 is 8.42 Å². The summed E-state index contributed by atoms with van der Waals surface area (Å²) in [4.78, 5) is 6.42. The third kappa shape index (κ3) is 4.83. The van der Waals surface area contributed by atoms with Gasteiger partial charge in [-0.05, 0) is 25.6 Å². The fraction of sp³-hybridized carbons (Fsp3) is 0.583. The van der Waals surface area contributed by atoms with Gasteiger partial charge in [0.2, 0.25) is 0 Å². The summed E-state index contributed by atoms with van der Waals surface area (Å²) < 4.78 is 22.3. The van der Waals surface area contributed by atoms with Gasteiger partial charge >= 0.3 is 0 Å². The van der Waals surface area contributed by atoms with Gasteiger partial charge in [-0.1, -0.05) is 13.0 Å². The van der Waals surface area contributed by atoms with Crippen molar-refractivity contribution >= 4 is 9.84 Å². The van der Waals surface area contributed by atoms with Gasteiger partial charge in [0.05, 0.1) is 11.4 Å². The first-order valence-electron chi connectivity index (χ1n) is 5.76. The topological polar surface area (TPSA) is 50.3 Å². The highest BCUT2D eigenvalue weighted by molar-refractivity contribution is 7.90. The third-order valence-electron chi connectivity index (χ3n) is 2.82. The molecule has 0 aliphatic carbocycles. The molecule has 0 aromatic carbocycles. The molecule has 0 spiro atoms. The second kappa shape index (κ2) is 6.12. The number of rotatable bonds is 6. The highest BCUT2D eigenvalue weighted by Gasteiger charge is 2.16. The molecule has 0 aliphatic rings. The summed E-state index contributed by atoms with van der Waals surface area (Å²) in [5.74, 6) is 0.192. The van der Waals surface area contributed by atoms with E-state index in [1.165, 1.54) is 6.26 Å². The quantitative estimate of drug-likeness (QED) is 0.774. The summed E-state index contributed by atoms with van der Waals surface area (Å²) in [6.45, 7) is 5.44. The fourth-order valence-electron chi connectivity index (χ4n) is 1.72. The smallest absolute Gasteiger partial charge is 0.148 e. The van der Waals surface area contributed by atoms with Crippen molar-refractivity contribution in [1.29, 1.82) is 0 Å². The number of nitrogens with zero attached hydrogens (tertiary/aromatic N) is 2. The minimum Gasteiger partial charge on any atom is -0.294 e. The van der Waals surface area contributed by atoms with Crippen LogP contribution < -0.4 is 0 Å². The third-order valence-corrected chi connectivity index (χ3v) is 3.74. The van der Waals surface area contributed by atoms with E-state index < -0.39 is 9.84 Å². The number of hydrogen-bond acceptors (Lipinski definition) is 4. The zero-order valence-electron chi connectivity index (χ0n) is 10.6. The van der Waals surface area contributed by atoms with Gasteiger partial charge in [-0.3, -0.25) is 9.88 Å². The Morgan fingerprint density at radius 2 is 2.12 bits per heavy atom. The lowest BCUT2D eigenvalue weighted by Crippen LogP contribution is -2.32. The van der Waals surface area contributed by atoms with Crippen LogP contribution in [0.25, 0.3) is 0 Å². The van der Waals surface area contributed by atoms with E-state index in [0.29, 0.717) is 6.54 Å². The van der Waals surface area contributed by atoms with E-state index in [0.717, 1.165) is 12.2 Å². The van der Waals surface area contributed by atoms with Crippen LogP contribution in [0.3, 0.4) is 0 Å². The number of aromatic nitrogens is 1. The minimum absolute atomic E-state index is 0.142. The Morgan fingerprint density at radius 3 is 2.59 bits per heavy atom. The van der Waals surface area contributed by atoms with E-state index in [2.05, 4.69) is 9.88 Å². The lowest BCUT2D eigenvalue weighted by molar-refractivity contribution is 0.231. The Labute approximate surface area is 104 Å². The fourth-order valence-corrected chi connectivity index (χ4v) is 2.29. The van der Waals surface area contributed by atoms with Gasteiger partial charge < -0.3 is 0 Å². The second-order valence-corrected chi connectivity index (χ2v) is 6.45. The molecule has 4 nitrogen and oxygen atoms in total. The van der Waals surface area contributed by atoms with E-state index in [9.17, 15) is 8.42 Å². The zero-order chi connectivity index (χ0) is 12.9. The SMILES string of the molecule is CCN(CCS(C)(=O)=O)[C@@H](C)c1ccccn1. The van der Waals surface area contributed by atoms with Gasteiger partial charge in [0.1, 0.15) is 9.84 Å². The van der Waals surface area contributed by atoms with Crippen molar-refractivity contribution in [3.63, 3.8) is 0 Å². The van der Waals surface area contributed by atoms with Crippen LogP contribution in [0.2, 0.25) is 0 Å². The van der Waals surface area contributed by atoms with Gasteiger partial charge in [-0.25, -0.2) is 8.42 Å². The molecule has 0 saturated heterocycles. The van der Waals surface area contributed by atoms with E-state index in [1.807, 2.05) is 32.0 Å². The summed E-state index contributed by atoms with van der Waals surface area (Å²) in [6, 6.07) is 5.93. The summed E-state index contributed by atoms with van der Waals surface area (Å²) >= 11 is 0. The first-order valence-corrected chi connectivity index (χ1v) is 7.83. The highest BCUT2D eigenvalue weighted by atomic mass is 32.2. The first kappa shape index (κ1) is 14.1. The molecule has 5 heteroatoms. The monoisotopic (exact) mass is 256 g/mol. The molecule has 0 fully saturated rings. The number of hydrogen-bond donors (Lipinski definition) is 0. The van der Waals surface area contributed by atoms with Crippen LogP contribution in [0.1, 0.15) is 25.6 Å². The van der Waals surface area contributed by atoms with Crippen LogP contribution in [-0.2, 0) is 9.84 Å². The van der Waals surface area contributed by atoms with Crippen LogP contribution in [0.4, 0.5) is 0 Å². The van der Waals surface area contributed by atoms with Gasteiger partial charge in [0, 0.05) is 25.0 Å². The van der Waals surface area contributed by atoms with Gasteiger partial charge in [0.15, 0.2) is 0 Å². The normalized spacial score (nSPS) is 13.9. The van der Waals surface area contributed by atoms with E-state index in [1.54, 1.807) is 6.20 Å². The molecule has 96 valence electrons. The average Bonchev–Trinajstić information content (AvgIpc) is 2.29. The average molecular weight is 256 g/mol. The molecule has 1 aromatic heterocycles. The predicted octanol–water partition coefficient (Wildman–Crippen LogP) is 1.51. The molecule has 0 N–H and O–H groups in total. The first-order chi connectivity index (χ1) is 7.94. The molecule has 0 amide bonds. The van der Waals surface area contributed by atoms with E-state index in [4.69, 9.17) is 0 Å². The van der Waals surface area contributed by atoms with Crippen LogP contribution in [0.5, 0.6) is 0 Å². The van der Waals surface area contributed by atoms with Crippen LogP contribution in [0.15, 0.2) is 24.4 Å². The molecule has 1 heterocycles. The molecule has 0 radical (unpaired) electrons. The maximum atomic E-state index is 11.2. The summed E-state index contributed by atoms with van der Waals surface area (Å²) in [5, 5.41) is 0. The van der Waals surface area contributed by atoms with Crippen molar-refractivity contribution in [1.82, 2.24) is 9.88 Å². The van der Waals surface area contributed by atoms with Crippen molar-refractivity contribution in [2.45, 2.75) is 19.9 Å². The Kier molecular flexibility index (Phi) is 5.08. The van der Waals surface area contributed by atoms with Crippen molar-refractivity contribution in [3.05, 3.63) is 30.1 Å². The molecule has 0 bridgehead atoms. The minimum atomic E-state index is -2.91. The maximum absolute atomic E-state index is 11.2.